The summed E-state index contributed by atoms with van der Waals surface area (Å²) in [7, 11) is 3.24. The predicted molar refractivity (Wildman–Crippen MR) is 125 cm³/mol. The van der Waals surface area contributed by atoms with Gasteiger partial charge in [-0.05, 0) is 37.1 Å². The van der Waals surface area contributed by atoms with E-state index < -0.39 is 0 Å². The Hall–Kier alpha value is -2.51. The van der Waals surface area contributed by atoms with Gasteiger partial charge in [-0.1, -0.05) is 30.3 Å². The molecule has 1 N–H and O–H groups in total. The number of benzene rings is 2. The first-order chi connectivity index (χ1) is 14.6. The van der Waals surface area contributed by atoms with Gasteiger partial charge in [0.25, 0.3) is 0 Å². The van der Waals surface area contributed by atoms with Crippen molar-refractivity contribution in [2.24, 2.45) is 0 Å². The Morgan fingerprint density at radius 1 is 1.13 bits per heavy atom. The van der Waals surface area contributed by atoms with E-state index in [1.807, 2.05) is 48.7 Å². The molecule has 0 fully saturated rings. The number of thiazole rings is 1. The molecular formula is C23H26N2O3S2. The fourth-order valence-corrected chi connectivity index (χ4v) is 4.61. The molecule has 158 valence electrons. The van der Waals surface area contributed by atoms with Gasteiger partial charge in [0, 0.05) is 23.2 Å². The number of hydrogen-bond donors (Lipinski definition) is 1. The van der Waals surface area contributed by atoms with Crippen molar-refractivity contribution in [3.05, 3.63) is 65.2 Å². The van der Waals surface area contributed by atoms with E-state index in [0.29, 0.717) is 23.8 Å². The van der Waals surface area contributed by atoms with Crippen LogP contribution in [-0.4, -0.2) is 36.9 Å². The molecule has 3 aromatic rings. The molecule has 2 aromatic carbocycles. The number of aromatic nitrogens is 1. The maximum Gasteiger partial charge on any atom is 0.232 e. The fourth-order valence-electron chi connectivity index (χ4n) is 2.88. The lowest BCUT2D eigenvalue weighted by molar-refractivity contribution is -0.120. The molecule has 30 heavy (non-hydrogen) atoms. The van der Waals surface area contributed by atoms with Crippen molar-refractivity contribution in [1.82, 2.24) is 10.3 Å². The largest absolute Gasteiger partial charge is 0.493 e. The van der Waals surface area contributed by atoms with Crippen molar-refractivity contribution in [2.75, 3.05) is 20.8 Å². The van der Waals surface area contributed by atoms with E-state index in [-0.39, 0.29) is 11.2 Å². The number of nitrogens with zero attached hydrogens (tertiary/aromatic N) is 1. The van der Waals surface area contributed by atoms with Crippen LogP contribution in [0.25, 0.3) is 10.6 Å². The number of methoxy groups -OCH3 is 2. The molecule has 1 amide bonds. The lowest BCUT2D eigenvalue weighted by atomic mass is 10.1. The van der Waals surface area contributed by atoms with E-state index in [2.05, 4.69) is 17.4 Å². The summed E-state index contributed by atoms with van der Waals surface area (Å²) in [4.78, 5) is 17.1. The Labute approximate surface area is 185 Å². The summed E-state index contributed by atoms with van der Waals surface area (Å²) in [5.41, 5.74) is 3.18. The monoisotopic (exact) mass is 442 g/mol. The van der Waals surface area contributed by atoms with Crippen molar-refractivity contribution >= 4 is 29.0 Å². The molecular weight excluding hydrogens is 416 g/mol. The Kier molecular flexibility index (Phi) is 8.16. The van der Waals surface area contributed by atoms with Gasteiger partial charge in [0.2, 0.25) is 5.91 Å². The quantitative estimate of drug-likeness (QED) is 0.488. The van der Waals surface area contributed by atoms with Gasteiger partial charge in [-0.25, -0.2) is 4.98 Å². The summed E-state index contributed by atoms with van der Waals surface area (Å²) in [6.07, 6.45) is 0.838. The van der Waals surface area contributed by atoms with Gasteiger partial charge in [0.05, 0.1) is 25.2 Å². The highest BCUT2D eigenvalue weighted by Gasteiger charge is 2.15. The second-order valence-corrected chi connectivity index (χ2v) is 8.88. The van der Waals surface area contributed by atoms with Crippen molar-refractivity contribution in [1.29, 1.82) is 0 Å². The van der Waals surface area contributed by atoms with Gasteiger partial charge in [0.15, 0.2) is 11.5 Å². The van der Waals surface area contributed by atoms with Gasteiger partial charge in [-0.2, -0.15) is 0 Å². The van der Waals surface area contributed by atoms with Crippen molar-refractivity contribution in [2.45, 2.75) is 24.3 Å². The van der Waals surface area contributed by atoms with Crippen LogP contribution >= 0.6 is 23.1 Å². The maximum atomic E-state index is 12.3. The number of amides is 1. The number of ether oxygens (including phenoxy) is 2. The fraction of sp³-hybridized carbons (Fsp3) is 0.304. The molecule has 0 radical (unpaired) electrons. The Balaban J connectivity index is 1.49. The summed E-state index contributed by atoms with van der Waals surface area (Å²) in [6, 6.07) is 15.9. The van der Waals surface area contributed by atoms with Crippen molar-refractivity contribution in [3.8, 4) is 22.1 Å². The average molecular weight is 443 g/mol. The minimum Gasteiger partial charge on any atom is -0.493 e. The first kappa shape index (κ1) is 22.2. The van der Waals surface area contributed by atoms with Crippen LogP contribution < -0.4 is 14.8 Å². The van der Waals surface area contributed by atoms with Crippen LogP contribution in [-0.2, 0) is 17.0 Å². The van der Waals surface area contributed by atoms with Crippen molar-refractivity contribution < 1.29 is 14.3 Å². The van der Waals surface area contributed by atoms with E-state index in [1.165, 1.54) is 5.56 Å². The molecule has 0 aliphatic heterocycles. The standard InChI is InChI=1S/C23H26N2O3S2/c1-16(22(26)24-12-11-17-7-5-4-6-8-17)29-14-19-15-30-23(25-19)18-9-10-20(27-2)21(13-18)28-3/h4-10,13,15-16H,11-12,14H2,1-3H3,(H,24,26). The second kappa shape index (κ2) is 11.0. The van der Waals surface area contributed by atoms with Crippen LogP contribution in [0.1, 0.15) is 18.2 Å². The molecule has 0 aliphatic rings. The van der Waals surface area contributed by atoms with E-state index in [0.717, 1.165) is 22.7 Å². The summed E-state index contributed by atoms with van der Waals surface area (Å²) in [6.45, 7) is 2.58. The van der Waals surface area contributed by atoms with Gasteiger partial charge in [0.1, 0.15) is 5.01 Å². The summed E-state index contributed by atoms with van der Waals surface area (Å²) >= 11 is 3.18. The Bertz CT molecular complexity index is 960. The normalized spacial score (nSPS) is 11.7. The Morgan fingerprint density at radius 2 is 1.90 bits per heavy atom. The number of rotatable bonds is 10. The van der Waals surface area contributed by atoms with Gasteiger partial charge >= 0.3 is 0 Å². The minimum absolute atomic E-state index is 0.0614. The van der Waals surface area contributed by atoms with Crippen LogP contribution in [0.4, 0.5) is 0 Å². The molecule has 7 heteroatoms. The molecule has 0 bridgehead atoms. The average Bonchev–Trinajstić information content (AvgIpc) is 3.26. The van der Waals surface area contributed by atoms with Crippen molar-refractivity contribution in [3.63, 3.8) is 0 Å². The zero-order valence-electron chi connectivity index (χ0n) is 17.4. The third-order valence-electron chi connectivity index (χ3n) is 4.59. The van der Waals surface area contributed by atoms with Gasteiger partial charge < -0.3 is 14.8 Å². The van der Waals surface area contributed by atoms with Gasteiger partial charge in [-0.3, -0.25) is 4.79 Å². The highest BCUT2D eigenvalue weighted by molar-refractivity contribution is 7.99. The van der Waals surface area contributed by atoms with Crippen LogP contribution in [0, 0.1) is 0 Å². The molecule has 0 aliphatic carbocycles. The summed E-state index contributed by atoms with van der Waals surface area (Å²) < 4.78 is 10.7. The number of carbonyl (C=O) groups is 1. The summed E-state index contributed by atoms with van der Waals surface area (Å²) in [5, 5.41) is 5.85. The highest BCUT2D eigenvalue weighted by atomic mass is 32.2. The number of carbonyl (C=O) groups excluding carboxylic acids is 1. The van der Waals surface area contributed by atoms with Crippen LogP contribution in [0.15, 0.2) is 53.9 Å². The van der Waals surface area contributed by atoms with Crippen LogP contribution in [0.5, 0.6) is 11.5 Å². The lowest BCUT2D eigenvalue weighted by Crippen LogP contribution is -2.32. The molecule has 5 nitrogen and oxygen atoms in total. The molecule has 0 saturated heterocycles. The molecule has 0 spiro atoms. The Morgan fingerprint density at radius 3 is 2.63 bits per heavy atom. The first-order valence-corrected chi connectivity index (χ1v) is 11.6. The summed E-state index contributed by atoms with van der Waals surface area (Å²) in [5.74, 6) is 2.13. The highest BCUT2D eigenvalue weighted by Crippen LogP contribution is 2.34. The zero-order valence-corrected chi connectivity index (χ0v) is 19.0. The minimum atomic E-state index is -0.132. The van der Waals surface area contributed by atoms with E-state index >= 15 is 0 Å². The molecule has 1 heterocycles. The third-order valence-corrected chi connectivity index (χ3v) is 6.71. The number of hydrogen-bond acceptors (Lipinski definition) is 6. The van der Waals surface area contributed by atoms with Crippen LogP contribution in [0.3, 0.4) is 0 Å². The topological polar surface area (TPSA) is 60.5 Å². The van der Waals surface area contributed by atoms with E-state index in [4.69, 9.17) is 14.5 Å². The first-order valence-electron chi connectivity index (χ1n) is 9.70. The van der Waals surface area contributed by atoms with Crippen LogP contribution in [0.2, 0.25) is 0 Å². The lowest BCUT2D eigenvalue weighted by Gasteiger charge is -2.11. The molecule has 3 rings (SSSR count). The molecule has 1 unspecified atom stereocenters. The number of nitrogens with one attached hydrogen (secondary N) is 1. The third kappa shape index (κ3) is 6.00. The molecule has 1 atom stereocenters. The van der Waals surface area contributed by atoms with Gasteiger partial charge in [-0.15, -0.1) is 23.1 Å². The SMILES string of the molecule is COc1ccc(-c2nc(CSC(C)C(=O)NCCc3ccccc3)cs2)cc1OC. The zero-order chi connectivity index (χ0) is 21.3. The maximum absolute atomic E-state index is 12.3. The smallest absolute Gasteiger partial charge is 0.232 e. The predicted octanol–water partition coefficient (Wildman–Crippen LogP) is 4.81. The second-order valence-electron chi connectivity index (χ2n) is 6.69. The molecule has 1 aromatic heterocycles. The van der Waals surface area contributed by atoms with E-state index in [9.17, 15) is 4.79 Å². The van der Waals surface area contributed by atoms with E-state index in [1.54, 1.807) is 37.3 Å². The molecule has 0 saturated carbocycles. The number of thioether (sulfide) groups is 1.